The fraction of sp³-hybridized carbons (Fsp3) is 0.316. The van der Waals surface area contributed by atoms with E-state index in [0.29, 0.717) is 12.1 Å². The highest BCUT2D eigenvalue weighted by atomic mass is 79.9. The maximum atomic E-state index is 12.8. The van der Waals surface area contributed by atoms with Crippen LogP contribution in [0.15, 0.2) is 57.9 Å². The molecule has 0 spiro atoms. The highest BCUT2D eigenvalue weighted by Gasteiger charge is 2.17. The van der Waals surface area contributed by atoms with E-state index in [1.807, 2.05) is 55.6 Å². The lowest BCUT2D eigenvalue weighted by molar-refractivity contribution is 0.0771. The van der Waals surface area contributed by atoms with E-state index in [2.05, 4.69) is 20.2 Å². The molecule has 4 nitrogen and oxygen atoms in total. The molecule has 25 heavy (non-hydrogen) atoms. The standard InChI is InChI=1S/C19H21BrN2O2S/c1-21(14-15-5-3-2-4-6-15)19(23)16-7-8-17(20)18(13-16)25-22-9-11-24-12-10-22/h2-8,13H,9-12,14H2,1H3. The number of hydrogen-bond donors (Lipinski definition) is 0. The molecule has 0 bridgehead atoms. The quantitative estimate of drug-likeness (QED) is 0.682. The van der Waals surface area contributed by atoms with Gasteiger partial charge in [-0.2, -0.15) is 0 Å². The monoisotopic (exact) mass is 420 g/mol. The molecule has 2 aromatic rings. The molecule has 1 heterocycles. The van der Waals surface area contributed by atoms with Crippen LogP contribution in [0.1, 0.15) is 15.9 Å². The summed E-state index contributed by atoms with van der Waals surface area (Å²) >= 11 is 5.27. The van der Waals surface area contributed by atoms with E-state index in [-0.39, 0.29) is 5.91 Å². The van der Waals surface area contributed by atoms with E-state index in [4.69, 9.17) is 4.74 Å². The average molecular weight is 421 g/mol. The van der Waals surface area contributed by atoms with Gasteiger partial charge in [-0.3, -0.25) is 4.79 Å². The topological polar surface area (TPSA) is 32.8 Å². The summed E-state index contributed by atoms with van der Waals surface area (Å²) in [6.45, 7) is 3.89. The van der Waals surface area contributed by atoms with E-state index >= 15 is 0 Å². The van der Waals surface area contributed by atoms with Crippen molar-refractivity contribution in [2.45, 2.75) is 11.4 Å². The number of hydrogen-bond acceptors (Lipinski definition) is 4. The molecule has 0 unspecified atom stereocenters. The number of ether oxygens (including phenoxy) is 1. The minimum Gasteiger partial charge on any atom is -0.379 e. The van der Waals surface area contributed by atoms with E-state index in [9.17, 15) is 4.79 Å². The van der Waals surface area contributed by atoms with Crippen molar-refractivity contribution in [1.82, 2.24) is 9.21 Å². The molecule has 2 aromatic carbocycles. The molecule has 1 aliphatic rings. The molecule has 0 saturated carbocycles. The summed E-state index contributed by atoms with van der Waals surface area (Å²) in [5.74, 6) is 0.0279. The Kier molecular flexibility index (Phi) is 6.53. The Balaban J connectivity index is 1.70. The largest absolute Gasteiger partial charge is 0.379 e. The van der Waals surface area contributed by atoms with Gasteiger partial charge >= 0.3 is 0 Å². The Morgan fingerprint density at radius 1 is 1.20 bits per heavy atom. The molecule has 1 aliphatic heterocycles. The normalized spacial score (nSPS) is 15.1. The number of morpholine rings is 1. The van der Waals surface area contributed by atoms with Crippen LogP contribution in [0.2, 0.25) is 0 Å². The van der Waals surface area contributed by atoms with Crippen LogP contribution in [0.25, 0.3) is 0 Å². The van der Waals surface area contributed by atoms with Gasteiger partial charge in [-0.15, -0.1) is 0 Å². The summed E-state index contributed by atoms with van der Waals surface area (Å²) < 4.78 is 8.67. The fourth-order valence-electron chi connectivity index (χ4n) is 2.63. The fourth-order valence-corrected chi connectivity index (χ4v) is 4.04. The molecular formula is C19H21BrN2O2S. The minimum atomic E-state index is 0.0279. The number of amides is 1. The molecule has 1 amide bonds. The molecule has 0 atom stereocenters. The van der Waals surface area contributed by atoms with E-state index in [1.165, 1.54) is 0 Å². The Morgan fingerprint density at radius 3 is 2.64 bits per heavy atom. The van der Waals surface area contributed by atoms with E-state index < -0.39 is 0 Å². The summed E-state index contributed by atoms with van der Waals surface area (Å²) in [4.78, 5) is 15.6. The van der Waals surface area contributed by atoms with Gasteiger partial charge in [0.25, 0.3) is 5.91 Å². The summed E-state index contributed by atoms with van der Waals surface area (Å²) in [6.07, 6.45) is 0. The van der Waals surface area contributed by atoms with Crippen LogP contribution in [0.3, 0.4) is 0 Å². The summed E-state index contributed by atoms with van der Waals surface area (Å²) in [6, 6.07) is 15.8. The van der Waals surface area contributed by atoms with E-state index in [1.54, 1.807) is 16.8 Å². The number of carbonyl (C=O) groups excluding carboxylic acids is 1. The predicted molar refractivity (Wildman–Crippen MR) is 105 cm³/mol. The molecule has 0 aliphatic carbocycles. The molecule has 6 heteroatoms. The zero-order valence-electron chi connectivity index (χ0n) is 14.2. The second-order valence-corrected chi connectivity index (χ2v) is 7.92. The number of benzene rings is 2. The van der Waals surface area contributed by atoms with Gasteiger partial charge in [-0.05, 0) is 51.6 Å². The number of rotatable bonds is 5. The summed E-state index contributed by atoms with van der Waals surface area (Å²) in [5, 5.41) is 0. The molecule has 0 aromatic heterocycles. The highest BCUT2D eigenvalue weighted by molar-refractivity contribution is 9.10. The summed E-state index contributed by atoms with van der Waals surface area (Å²) in [7, 11) is 1.84. The van der Waals surface area contributed by atoms with Crippen LogP contribution < -0.4 is 0 Å². The van der Waals surface area contributed by atoms with Crippen molar-refractivity contribution in [3.8, 4) is 0 Å². The van der Waals surface area contributed by atoms with Crippen molar-refractivity contribution in [1.29, 1.82) is 0 Å². The van der Waals surface area contributed by atoms with Crippen molar-refractivity contribution < 1.29 is 9.53 Å². The number of halogens is 1. The lowest BCUT2D eigenvalue weighted by Gasteiger charge is -2.26. The third-order valence-corrected chi connectivity index (χ3v) is 6.10. The van der Waals surface area contributed by atoms with Crippen molar-refractivity contribution >= 4 is 33.8 Å². The smallest absolute Gasteiger partial charge is 0.253 e. The Labute approximate surface area is 161 Å². The van der Waals surface area contributed by atoms with Crippen molar-refractivity contribution in [2.24, 2.45) is 0 Å². The molecule has 132 valence electrons. The molecule has 0 radical (unpaired) electrons. The van der Waals surface area contributed by atoms with Gasteiger partial charge in [-0.25, -0.2) is 4.31 Å². The van der Waals surface area contributed by atoms with Crippen LogP contribution in [-0.2, 0) is 11.3 Å². The van der Waals surface area contributed by atoms with Gasteiger partial charge in [0.1, 0.15) is 0 Å². The van der Waals surface area contributed by atoms with Crippen molar-refractivity contribution in [3.05, 3.63) is 64.1 Å². The third kappa shape index (κ3) is 5.07. The maximum Gasteiger partial charge on any atom is 0.253 e. The van der Waals surface area contributed by atoms with Crippen molar-refractivity contribution in [2.75, 3.05) is 33.4 Å². The first kappa shape index (κ1) is 18.5. The molecule has 3 rings (SSSR count). The minimum absolute atomic E-state index is 0.0279. The van der Waals surface area contributed by atoms with Gasteiger partial charge in [0, 0.05) is 41.6 Å². The Hall–Kier alpha value is -1.34. The lowest BCUT2D eigenvalue weighted by Crippen LogP contribution is -2.31. The second-order valence-electron chi connectivity index (χ2n) is 5.92. The maximum absolute atomic E-state index is 12.8. The SMILES string of the molecule is CN(Cc1ccccc1)C(=O)c1ccc(Br)c(SN2CCOCC2)c1. The highest BCUT2D eigenvalue weighted by Crippen LogP contribution is 2.31. The van der Waals surface area contributed by atoms with Crippen LogP contribution >= 0.6 is 27.9 Å². The van der Waals surface area contributed by atoms with Crippen molar-refractivity contribution in [3.63, 3.8) is 0 Å². The van der Waals surface area contributed by atoms with Gasteiger partial charge in [0.15, 0.2) is 0 Å². The number of carbonyl (C=O) groups is 1. The van der Waals surface area contributed by atoms with Gasteiger partial charge in [-0.1, -0.05) is 30.3 Å². The molecule has 0 N–H and O–H groups in total. The zero-order chi connectivity index (χ0) is 17.6. The van der Waals surface area contributed by atoms with Gasteiger partial charge in [0.05, 0.1) is 13.2 Å². The van der Waals surface area contributed by atoms with Crippen LogP contribution in [0, 0.1) is 0 Å². The Morgan fingerprint density at radius 2 is 1.92 bits per heavy atom. The zero-order valence-corrected chi connectivity index (χ0v) is 16.6. The molecule has 1 fully saturated rings. The second kappa shape index (κ2) is 8.85. The summed E-state index contributed by atoms with van der Waals surface area (Å²) in [5.41, 5.74) is 1.83. The third-order valence-electron chi connectivity index (χ3n) is 3.98. The average Bonchev–Trinajstić information content (AvgIpc) is 2.64. The van der Waals surface area contributed by atoms with Gasteiger partial charge in [0.2, 0.25) is 0 Å². The van der Waals surface area contributed by atoms with E-state index in [0.717, 1.165) is 41.2 Å². The first-order chi connectivity index (χ1) is 12.1. The molecule has 1 saturated heterocycles. The van der Waals surface area contributed by atoms with Crippen LogP contribution in [0.4, 0.5) is 0 Å². The Bertz CT molecular complexity index is 721. The first-order valence-corrected chi connectivity index (χ1v) is 9.80. The van der Waals surface area contributed by atoms with Gasteiger partial charge < -0.3 is 9.64 Å². The predicted octanol–water partition coefficient (Wildman–Crippen LogP) is 4.06. The van der Waals surface area contributed by atoms with Crippen LogP contribution in [-0.4, -0.2) is 48.5 Å². The number of nitrogens with zero attached hydrogens (tertiary/aromatic N) is 2. The lowest BCUT2D eigenvalue weighted by atomic mass is 10.1. The van der Waals surface area contributed by atoms with Crippen LogP contribution in [0.5, 0.6) is 0 Å². The molecular weight excluding hydrogens is 400 g/mol. The first-order valence-electron chi connectivity index (χ1n) is 8.23.